The molecular weight excluding hydrogens is 374 g/mol. The Hall–Kier alpha value is -2.92. The molecule has 0 aliphatic rings. The van der Waals surface area contributed by atoms with E-state index in [2.05, 4.69) is 0 Å². The monoisotopic (exact) mass is 385 g/mol. The van der Waals surface area contributed by atoms with Gasteiger partial charge >= 0.3 is 21.0 Å². The molecule has 9 nitrogen and oxygen atoms in total. The quantitative estimate of drug-likeness (QED) is 0.627. The molecule has 2 aromatic carbocycles. The van der Waals surface area contributed by atoms with E-state index in [0.29, 0.717) is 6.07 Å². The van der Waals surface area contributed by atoms with E-state index < -0.39 is 40.3 Å². The van der Waals surface area contributed by atoms with Crippen molar-refractivity contribution in [3.63, 3.8) is 0 Å². The molecule has 25 heavy (non-hydrogen) atoms. The van der Waals surface area contributed by atoms with Crippen LogP contribution in [0.1, 0.15) is 20.7 Å². The summed E-state index contributed by atoms with van der Waals surface area (Å²) in [5.74, 6) is -2.74. The first-order valence-electron chi connectivity index (χ1n) is 6.49. The number of carboxylic acids is 2. The summed E-state index contributed by atoms with van der Waals surface area (Å²) in [6.07, 6.45) is 0. The zero-order chi connectivity index (χ0) is 18.8. The SMILES string of the molecule is O=C(O)c1cccc(NS(=O)(=O)S(=O)(=O)c2cccc(C(=O)O)c2)c1. The Kier molecular flexibility index (Phi) is 4.81. The number of benzene rings is 2. The maximum absolute atomic E-state index is 12.3. The fourth-order valence-corrected chi connectivity index (χ4v) is 4.81. The first-order chi connectivity index (χ1) is 11.5. The first-order valence-corrected chi connectivity index (χ1v) is 9.97. The molecule has 0 heterocycles. The summed E-state index contributed by atoms with van der Waals surface area (Å²) >= 11 is 0. The van der Waals surface area contributed by atoms with Gasteiger partial charge in [-0.1, -0.05) is 12.1 Å². The molecule has 0 spiro atoms. The summed E-state index contributed by atoms with van der Waals surface area (Å²) in [5, 5.41) is 17.8. The molecule has 0 amide bonds. The van der Waals surface area contributed by atoms with Gasteiger partial charge < -0.3 is 10.2 Å². The number of anilines is 1. The third kappa shape index (κ3) is 3.78. The van der Waals surface area contributed by atoms with Gasteiger partial charge in [0, 0.05) is 0 Å². The van der Waals surface area contributed by atoms with E-state index in [-0.39, 0.29) is 11.3 Å². The number of carboxylic acid groups (broad SMARTS) is 2. The largest absolute Gasteiger partial charge is 0.478 e. The standard InChI is InChI=1S/C14H11NO8S2/c16-13(17)9-3-1-5-11(7-9)15-25(22,23)24(20,21)12-6-2-4-10(8-12)14(18)19/h1-8,15H,(H,16,17)(H,18,19). The third-order valence-electron chi connectivity index (χ3n) is 3.01. The molecular formula is C14H11NO8S2. The Morgan fingerprint density at radius 1 is 0.800 bits per heavy atom. The lowest BCUT2D eigenvalue weighted by atomic mass is 10.2. The summed E-state index contributed by atoms with van der Waals surface area (Å²) in [7, 11) is -9.99. The zero-order valence-corrected chi connectivity index (χ0v) is 13.9. The van der Waals surface area contributed by atoms with Crippen LogP contribution in [-0.2, 0) is 17.9 Å². The summed E-state index contributed by atoms with van der Waals surface area (Å²) in [4.78, 5) is 21.1. The molecule has 0 aromatic heterocycles. The predicted molar refractivity (Wildman–Crippen MR) is 86.5 cm³/mol. The second kappa shape index (κ2) is 6.53. The van der Waals surface area contributed by atoms with Gasteiger partial charge in [-0.05, 0) is 36.4 Å². The lowest BCUT2D eigenvalue weighted by Gasteiger charge is -2.10. The van der Waals surface area contributed by atoms with E-state index >= 15 is 0 Å². The van der Waals surface area contributed by atoms with E-state index in [1.807, 2.05) is 0 Å². The van der Waals surface area contributed by atoms with E-state index in [9.17, 15) is 26.4 Å². The Balaban J connectivity index is 2.44. The second-order valence-corrected chi connectivity index (χ2v) is 9.85. The summed E-state index contributed by atoms with van der Waals surface area (Å²) < 4.78 is 50.7. The van der Waals surface area contributed by atoms with Crippen LogP contribution in [0.5, 0.6) is 0 Å². The predicted octanol–water partition coefficient (Wildman–Crippen LogP) is 1.21. The molecule has 2 aromatic rings. The van der Waals surface area contributed by atoms with E-state index in [4.69, 9.17) is 10.2 Å². The lowest BCUT2D eigenvalue weighted by molar-refractivity contribution is 0.0686. The number of hydrogen-bond acceptors (Lipinski definition) is 6. The minimum atomic E-state index is -5.01. The van der Waals surface area contributed by atoms with Crippen LogP contribution in [0, 0.1) is 0 Å². The van der Waals surface area contributed by atoms with Gasteiger partial charge in [0.15, 0.2) is 0 Å². The molecule has 0 atom stereocenters. The van der Waals surface area contributed by atoms with Crippen LogP contribution in [0.3, 0.4) is 0 Å². The molecule has 0 fully saturated rings. The molecule has 0 aliphatic heterocycles. The fraction of sp³-hybridized carbons (Fsp3) is 0. The molecule has 0 unspecified atom stereocenters. The van der Waals surface area contributed by atoms with Crippen molar-refractivity contribution in [2.45, 2.75) is 4.90 Å². The van der Waals surface area contributed by atoms with Crippen LogP contribution < -0.4 is 4.72 Å². The fourth-order valence-electron chi connectivity index (χ4n) is 1.83. The van der Waals surface area contributed by atoms with Gasteiger partial charge in [0.05, 0.1) is 21.7 Å². The molecule has 2 rings (SSSR count). The van der Waals surface area contributed by atoms with Gasteiger partial charge in [0.25, 0.3) is 8.87 Å². The zero-order valence-electron chi connectivity index (χ0n) is 12.3. The highest BCUT2D eigenvalue weighted by Crippen LogP contribution is 2.22. The molecule has 0 saturated carbocycles. The smallest absolute Gasteiger partial charge is 0.343 e. The van der Waals surface area contributed by atoms with Gasteiger partial charge in [-0.2, -0.15) is 8.42 Å². The lowest BCUT2D eigenvalue weighted by Crippen LogP contribution is -2.24. The highest BCUT2D eigenvalue weighted by atomic mass is 33.2. The molecule has 132 valence electrons. The van der Waals surface area contributed by atoms with Crippen molar-refractivity contribution in [2.24, 2.45) is 0 Å². The van der Waals surface area contributed by atoms with Crippen LogP contribution in [0.25, 0.3) is 0 Å². The minimum absolute atomic E-state index is 0.245. The van der Waals surface area contributed by atoms with Crippen molar-refractivity contribution < 1.29 is 36.6 Å². The third-order valence-corrected chi connectivity index (χ3v) is 7.47. The second-order valence-electron chi connectivity index (χ2n) is 4.73. The Morgan fingerprint density at radius 2 is 1.32 bits per heavy atom. The van der Waals surface area contributed by atoms with E-state index in [0.717, 1.165) is 24.3 Å². The van der Waals surface area contributed by atoms with Crippen LogP contribution in [0.2, 0.25) is 0 Å². The molecule has 0 bridgehead atoms. The average Bonchev–Trinajstić information content (AvgIpc) is 2.54. The molecule has 11 heteroatoms. The molecule has 0 aliphatic carbocycles. The number of rotatable bonds is 6. The van der Waals surface area contributed by atoms with Crippen molar-refractivity contribution in [3.8, 4) is 0 Å². The van der Waals surface area contributed by atoms with Crippen LogP contribution >= 0.6 is 0 Å². The number of nitrogens with one attached hydrogen (secondary N) is 1. The maximum Gasteiger partial charge on any atom is 0.343 e. The van der Waals surface area contributed by atoms with Gasteiger partial charge in [-0.3, -0.25) is 4.72 Å². The van der Waals surface area contributed by atoms with Crippen molar-refractivity contribution in [1.29, 1.82) is 0 Å². The topological polar surface area (TPSA) is 155 Å². The Labute approximate surface area is 141 Å². The van der Waals surface area contributed by atoms with E-state index in [1.54, 1.807) is 4.72 Å². The molecule has 0 saturated heterocycles. The highest BCUT2D eigenvalue weighted by molar-refractivity contribution is 8.67. The maximum atomic E-state index is 12.3. The van der Waals surface area contributed by atoms with Crippen molar-refractivity contribution in [3.05, 3.63) is 59.7 Å². The minimum Gasteiger partial charge on any atom is -0.478 e. The summed E-state index contributed by atoms with van der Waals surface area (Å²) in [5.41, 5.74) is -0.910. The van der Waals surface area contributed by atoms with Gasteiger partial charge in [-0.15, -0.1) is 0 Å². The van der Waals surface area contributed by atoms with Crippen LogP contribution in [-0.4, -0.2) is 39.0 Å². The number of carbonyl (C=O) groups is 2. The first kappa shape index (κ1) is 18.4. The van der Waals surface area contributed by atoms with Crippen molar-refractivity contribution in [2.75, 3.05) is 4.72 Å². The van der Waals surface area contributed by atoms with Gasteiger partial charge in [-0.25, -0.2) is 18.0 Å². The number of aromatic carboxylic acids is 2. The van der Waals surface area contributed by atoms with Gasteiger partial charge in [0.1, 0.15) is 0 Å². The Bertz CT molecular complexity index is 1060. The van der Waals surface area contributed by atoms with Crippen LogP contribution in [0.15, 0.2) is 53.4 Å². The van der Waals surface area contributed by atoms with Crippen molar-refractivity contribution >= 4 is 35.6 Å². The molecule has 3 N–H and O–H groups in total. The Morgan fingerprint density at radius 3 is 1.88 bits per heavy atom. The van der Waals surface area contributed by atoms with Gasteiger partial charge in [0.2, 0.25) is 0 Å². The van der Waals surface area contributed by atoms with E-state index in [1.165, 1.54) is 18.2 Å². The average molecular weight is 385 g/mol. The van der Waals surface area contributed by atoms with Crippen molar-refractivity contribution in [1.82, 2.24) is 0 Å². The molecule has 0 radical (unpaired) electrons. The number of hydrogen-bond donors (Lipinski definition) is 3. The summed E-state index contributed by atoms with van der Waals surface area (Å²) in [6.45, 7) is 0. The summed E-state index contributed by atoms with van der Waals surface area (Å²) in [6, 6.07) is 8.41. The highest BCUT2D eigenvalue weighted by Gasteiger charge is 2.32. The normalized spacial score (nSPS) is 11.7. The van der Waals surface area contributed by atoms with Crippen LogP contribution in [0.4, 0.5) is 5.69 Å².